The molecule has 1 N–H and O–H groups in total. The molecule has 0 fully saturated rings. The van der Waals surface area contributed by atoms with Gasteiger partial charge in [-0.05, 0) is 48.0 Å². The van der Waals surface area contributed by atoms with Gasteiger partial charge >= 0.3 is 0 Å². The van der Waals surface area contributed by atoms with Gasteiger partial charge in [-0.3, -0.25) is 0 Å². The Kier molecular flexibility index (Phi) is 4.39. The van der Waals surface area contributed by atoms with E-state index in [0.717, 1.165) is 21.6 Å². The summed E-state index contributed by atoms with van der Waals surface area (Å²) in [6.07, 6.45) is 3.33. The van der Waals surface area contributed by atoms with E-state index in [-0.39, 0.29) is 11.9 Å². The number of fused-ring (bicyclic) bond motifs is 1. The van der Waals surface area contributed by atoms with Crippen molar-refractivity contribution in [2.75, 3.05) is 5.32 Å². The molecule has 0 saturated heterocycles. The highest BCUT2D eigenvalue weighted by molar-refractivity contribution is 9.10. The molecule has 1 atom stereocenters. The smallest absolute Gasteiger partial charge is 0.252 e. The molecule has 138 valence electrons. The lowest BCUT2D eigenvalue weighted by molar-refractivity contribution is 0.458. The quantitative estimate of drug-likeness (QED) is 0.514. The number of nitrogens with zero attached hydrogens (tertiary/aromatic N) is 5. The molecule has 3 heterocycles. The Balaban J connectivity index is 1.67. The summed E-state index contributed by atoms with van der Waals surface area (Å²) < 4.78 is 22.3. The van der Waals surface area contributed by atoms with Gasteiger partial charge in [0.25, 0.3) is 5.78 Å². The molecule has 7 nitrogen and oxygen atoms in total. The SMILES string of the molecule is Cc1nc(C)c(C(C)Nc2ccc(F)c(-c3nc4ncc(Br)cn4n3)c2)o1. The van der Waals surface area contributed by atoms with Crippen LogP contribution in [0.25, 0.3) is 17.2 Å². The van der Waals surface area contributed by atoms with Crippen LogP contribution in [-0.2, 0) is 0 Å². The monoisotopic (exact) mass is 430 g/mol. The third kappa shape index (κ3) is 3.42. The van der Waals surface area contributed by atoms with E-state index >= 15 is 0 Å². The maximum absolute atomic E-state index is 14.4. The topological polar surface area (TPSA) is 81.1 Å². The maximum atomic E-state index is 14.4. The Morgan fingerprint density at radius 3 is 2.81 bits per heavy atom. The first-order valence-electron chi connectivity index (χ1n) is 8.29. The molecule has 27 heavy (non-hydrogen) atoms. The summed E-state index contributed by atoms with van der Waals surface area (Å²) in [4.78, 5) is 12.8. The predicted molar refractivity (Wildman–Crippen MR) is 102 cm³/mol. The van der Waals surface area contributed by atoms with E-state index in [0.29, 0.717) is 17.2 Å². The molecule has 0 aliphatic carbocycles. The number of aryl methyl sites for hydroxylation is 2. The average Bonchev–Trinajstić information content (AvgIpc) is 3.18. The Morgan fingerprint density at radius 1 is 1.26 bits per heavy atom. The fourth-order valence-electron chi connectivity index (χ4n) is 2.92. The number of hydrogen-bond donors (Lipinski definition) is 1. The van der Waals surface area contributed by atoms with E-state index in [1.165, 1.54) is 10.6 Å². The second-order valence-electron chi connectivity index (χ2n) is 6.20. The van der Waals surface area contributed by atoms with Crippen molar-refractivity contribution in [2.24, 2.45) is 0 Å². The normalized spacial score (nSPS) is 12.5. The van der Waals surface area contributed by atoms with Crippen molar-refractivity contribution < 1.29 is 8.81 Å². The zero-order valence-corrected chi connectivity index (χ0v) is 16.5. The van der Waals surface area contributed by atoms with Crippen LogP contribution in [-0.4, -0.2) is 24.6 Å². The van der Waals surface area contributed by atoms with E-state index in [1.807, 2.05) is 13.8 Å². The molecular weight excluding hydrogens is 415 g/mol. The maximum Gasteiger partial charge on any atom is 0.252 e. The molecular formula is C18H16BrFN6O. The van der Waals surface area contributed by atoms with Gasteiger partial charge in [0.15, 0.2) is 11.7 Å². The lowest BCUT2D eigenvalue weighted by Crippen LogP contribution is -2.07. The fourth-order valence-corrected chi connectivity index (χ4v) is 3.22. The third-order valence-corrected chi connectivity index (χ3v) is 4.49. The minimum atomic E-state index is -0.408. The first kappa shape index (κ1) is 17.6. The number of oxazole rings is 1. The van der Waals surface area contributed by atoms with Crippen LogP contribution in [0.1, 0.15) is 30.3 Å². The minimum Gasteiger partial charge on any atom is -0.444 e. The molecule has 0 spiro atoms. The minimum absolute atomic E-state index is 0.129. The van der Waals surface area contributed by atoms with E-state index in [4.69, 9.17) is 4.42 Å². The van der Waals surface area contributed by atoms with Gasteiger partial charge in [0.2, 0.25) is 0 Å². The van der Waals surface area contributed by atoms with Gasteiger partial charge < -0.3 is 9.73 Å². The summed E-state index contributed by atoms with van der Waals surface area (Å²) in [5, 5.41) is 7.62. The lowest BCUT2D eigenvalue weighted by atomic mass is 10.1. The van der Waals surface area contributed by atoms with E-state index in [2.05, 4.69) is 41.3 Å². The zero-order chi connectivity index (χ0) is 19.1. The Labute approximate surface area is 162 Å². The van der Waals surface area contributed by atoms with Crippen LogP contribution in [0, 0.1) is 19.7 Å². The van der Waals surface area contributed by atoms with Gasteiger partial charge in [0.1, 0.15) is 11.6 Å². The molecule has 0 saturated carbocycles. The summed E-state index contributed by atoms with van der Waals surface area (Å²) >= 11 is 3.33. The van der Waals surface area contributed by atoms with Crippen LogP contribution >= 0.6 is 15.9 Å². The first-order valence-corrected chi connectivity index (χ1v) is 9.08. The largest absolute Gasteiger partial charge is 0.444 e. The van der Waals surface area contributed by atoms with Crippen molar-refractivity contribution >= 4 is 27.4 Å². The number of benzene rings is 1. The summed E-state index contributed by atoms with van der Waals surface area (Å²) in [6, 6.07) is 4.60. The fraction of sp³-hybridized carbons (Fsp3) is 0.222. The van der Waals surface area contributed by atoms with E-state index in [9.17, 15) is 4.39 Å². The highest BCUT2D eigenvalue weighted by Gasteiger charge is 2.17. The summed E-state index contributed by atoms with van der Waals surface area (Å²) in [6.45, 7) is 5.66. The Morgan fingerprint density at radius 2 is 2.07 bits per heavy atom. The number of nitrogens with one attached hydrogen (secondary N) is 1. The van der Waals surface area contributed by atoms with Crippen LogP contribution in [0.4, 0.5) is 10.1 Å². The molecule has 0 aliphatic heterocycles. The molecule has 0 bridgehead atoms. The van der Waals surface area contributed by atoms with Crippen molar-refractivity contribution in [1.29, 1.82) is 0 Å². The molecule has 4 rings (SSSR count). The average molecular weight is 431 g/mol. The standard InChI is InChI=1S/C18H16BrFN6O/c1-9-16(27-11(3)22-9)10(2)23-13-4-5-15(20)14(6-13)17-24-18-21-7-12(19)8-26(18)25-17/h4-8,10,23H,1-3H3. The molecule has 1 unspecified atom stereocenters. The highest BCUT2D eigenvalue weighted by Crippen LogP contribution is 2.28. The van der Waals surface area contributed by atoms with Gasteiger partial charge in [0.05, 0.1) is 21.8 Å². The summed E-state index contributed by atoms with van der Waals surface area (Å²) in [5.41, 5.74) is 1.84. The second kappa shape index (κ2) is 6.73. The molecule has 0 radical (unpaired) electrons. The van der Waals surface area contributed by atoms with Crippen molar-refractivity contribution in [3.05, 3.63) is 58.2 Å². The van der Waals surface area contributed by atoms with Crippen molar-refractivity contribution in [3.63, 3.8) is 0 Å². The molecule has 4 aromatic rings. The highest BCUT2D eigenvalue weighted by atomic mass is 79.9. The molecule has 9 heteroatoms. The van der Waals surface area contributed by atoms with Crippen molar-refractivity contribution in [1.82, 2.24) is 24.6 Å². The Bertz CT molecular complexity index is 1140. The van der Waals surface area contributed by atoms with Crippen LogP contribution in [0.3, 0.4) is 0 Å². The molecule has 0 aliphatic rings. The number of hydrogen-bond acceptors (Lipinski definition) is 6. The van der Waals surface area contributed by atoms with Crippen LogP contribution in [0.5, 0.6) is 0 Å². The third-order valence-electron chi connectivity index (χ3n) is 4.09. The zero-order valence-electron chi connectivity index (χ0n) is 14.9. The predicted octanol–water partition coefficient (Wildman–Crippen LogP) is 4.47. The number of aromatic nitrogens is 5. The first-order chi connectivity index (χ1) is 12.9. The van der Waals surface area contributed by atoms with Crippen molar-refractivity contribution in [3.8, 4) is 11.4 Å². The van der Waals surface area contributed by atoms with Crippen LogP contribution in [0.2, 0.25) is 0 Å². The summed E-state index contributed by atoms with van der Waals surface area (Å²) in [7, 11) is 0. The molecule has 1 aromatic carbocycles. The number of anilines is 1. The van der Waals surface area contributed by atoms with Crippen LogP contribution in [0.15, 0.2) is 39.5 Å². The van der Waals surface area contributed by atoms with E-state index in [1.54, 1.807) is 31.5 Å². The van der Waals surface area contributed by atoms with Gasteiger partial charge in [-0.15, -0.1) is 5.10 Å². The Hall–Kier alpha value is -2.81. The van der Waals surface area contributed by atoms with Crippen molar-refractivity contribution in [2.45, 2.75) is 26.8 Å². The van der Waals surface area contributed by atoms with Gasteiger partial charge in [-0.1, -0.05) is 0 Å². The molecule has 3 aromatic heterocycles. The number of halogens is 2. The second-order valence-corrected chi connectivity index (χ2v) is 7.11. The lowest BCUT2D eigenvalue weighted by Gasteiger charge is -2.14. The van der Waals surface area contributed by atoms with Gasteiger partial charge in [0, 0.05) is 25.0 Å². The van der Waals surface area contributed by atoms with E-state index < -0.39 is 5.82 Å². The van der Waals surface area contributed by atoms with Gasteiger partial charge in [-0.2, -0.15) is 4.98 Å². The van der Waals surface area contributed by atoms with Gasteiger partial charge in [-0.25, -0.2) is 18.9 Å². The van der Waals surface area contributed by atoms with Crippen LogP contribution < -0.4 is 5.32 Å². The number of rotatable bonds is 4. The summed E-state index contributed by atoms with van der Waals surface area (Å²) in [5.74, 6) is 1.62. The molecule has 0 amide bonds.